The van der Waals surface area contributed by atoms with Crippen LogP contribution in [0.5, 0.6) is 0 Å². The second kappa shape index (κ2) is 5.28. The van der Waals surface area contributed by atoms with Crippen LogP contribution < -0.4 is 5.32 Å². The van der Waals surface area contributed by atoms with Crippen LogP contribution in [0.1, 0.15) is 5.69 Å². The summed E-state index contributed by atoms with van der Waals surface area (Å²) in [5.74, 6) is 0. The van der Waals surface area contributed by atoms with E-state index in [0.29, 0.717) is 5.13 Å². The van der Waals surface area contributed by atoms with E-state index in [2.05, 4.69) is 10.3 Å². The van der Waals surface area contributed by atoms with E-state index in [1.165, 1.54) is 11.3 Å². The lowest BCUT2D eigenvalue weighted by Gasteiger charge is -2.37. The highest BCUT2D eigenvalue weighted by molar-refractivity contribution is 7.13. The molecule has 6 nitrogen and oxygen atoms in total. The molecule has 2 rings (SSSR count). The number of aromatic nitrogens is 1. The average molecular weight is 260 g/mol. The molecule has 0 bridgehead atoms. The Kier molecular flexibility index (Phi) is 3.95. The summed E-state index contributed by atoms with van der Waals surface area (Å²) >= 11 is 1.43. The van der Waals surface area contributed by atoms with Crippen molar-refractivity contribution >= 4 is 16.5 Å². The minimum atomic E-state index is -1.09. The van der Waals surface area contributed by atoms with Crippen LogP contribution in [0.2, 0.25) is 0 Å². The summed E-state index contributed by atoms with van der Waals surface area (Å²) in [6.45, 7) is 1.80. The number of anilines is 1. The van der Waals surface area contributed by atoms with Gasteiger partial charge in [-0.1, -0.05) is 0 Å². The van der Waals surface area contributed by atoms with E-state index in [9.17, 15) is 10.2 Å². The van der Waals surface area contributed by atoms with E-state index >= 15 is 0 Å². The number of nitrogens with one attached hydrogen (secondary N) is 1. The van der Waals surface area contributed by atoms with E-state index in [1.807, 2.05) is 12.3 Å². The third-order valence-electron chi connectivity index (χ3n) is 2.74. The van der Waals surface area contributed by atoms with Gasteiger partial charge in [-0.25, -0.2) is 4.98 Å². The standard InChI is InChI=1S/C10H16N2O4S/c1-5-4-17-10(11-5)12-6-3-16-7(2-13)9(15)8(6)14/h4,6-9,13-15H,2-3H2,1H3,(H,11,12)/t6-,7-,8-,9+/m1/s1. The van der Waals surface area contributed by atoms with Gasteiger partial charge in [0.2, 0.25) is 0 Å². The molecule has 7 heteroatoms. The number of hydrogen-bond donors (Lipinski definition) is 4. The molecule has 1 aromatic rings. The van der Waals surface area contributed by atoms with Gasteiger partial charge in [0.1, 0.15) is 18.3 Å². The van der Waals surface area contributed by atoms with Gasteiger partial charge < -0.3 is 25.4 Å². The summed E-state index contributed by atoms with van der Waals surface area (Å²) in [4.78, 5) is 4.21. The minimum Gasteiger partial charge on any atom is -0.394 e. The Balaban J connectivity index is 1.98. The van der Waals surface area contributed by atoms with E-state index in [0.717, 1.165) is 5.69 Å². The van der Waals surface area contributed by atoms with Gasteiger partial charge in [0.25, 0.3) is 0 Å². The van der Waals surface area contributed by atoms with Gasteiger partial charge in [-0.05, 0) is 6.92 Å². The van der Waals surface area contributed by atoms with Crippen LogP contribution in [-0.2, 0) is 4.74 Å². The maximum absolute atomic E-state index is 9.88. The van der Waals surface area contributed by atoms with Crippen LogP contribution >= 0.6 is 11.3 Å². The Morgan fingerprint density at radius 1 is 1.53 bits per heavy atom. The molecule has 0 unspecified atom stereocenters. The zero-order valence-corrected chi connectivity index (χ0v) is 10.2. The number of aliphatic hydroxyl groups excluding tert-OH is 3. The Hall–Kier alpha value is -0.730. The van der Waals surface area contributed by atoms with Crippen LogP contribution in [0.15, 0.2) is 5.38 Å². The molecule has 4 N–H and O–H groups in total. The molecule has 0 radical (unpaired) electrons. The lowest BCUT2D eigenvalue weighted by atomic mass is 9.99. The van der Waals surface area contributed by atoms with Gasteiger partial charge in [-0.3, -0.25) is 0 Å². The second-order valence-electron chi connectivity index (χ2n) is 4.08. The SMILES string of the molecule is Cc1csc(N[C@@H]2CO[C@H](CO)[C@H](O)[C@@H]2O)n1. The Morgan fingerprint density at radius 3 is 2.88 bits per heavy atom. The molecule has 1 aromatic heterocycles. The molecule has 0 saturated carbocycles. The molecule has 17 heavy (non-hydrogen) atoms. The van der Waals surface area contributed by atoms with Crippen molar-refractivity contribution in [3.8, 4) is 0 Å². The van der Waals surface area contributed by atoms with Gasteiger partial charge in [-0.2, -0.15) is 0 Å². The molecule has 1 saturated heterocycles. The number of hydrogen-bond acceptors (Lipinski definition) is 7. The monoisotopic (exact) mass is 260 g/mol. The quantitative estimate of drug-likeness (QED) is 0.576. The van der Waals surface area contributed by atoms with Gasteiger partial charge >= 0.3 is 0 Å². The Morgan fingerprint density at radius 2 is 2.29 bits per heavy atom. The fourth-order valence-electron chi connectivity index (χ4n) is 1.75. The first-order valence-electron chi connectivity index (χ1n) is 5.39. The van der Waals surface area contributed by atoms with Crippen molar-refractivity contribution < 1.29 is 20.1 Å². The molecule has 0 amide bonds. The maximum atomic E-state index is 9.88. The number of rotatable bonds is 3. The van der Waals surface area contributed by atoms with Crippen molar-refractivity contribution in [1.82, 2.24) is 4.98 Å². The van der Waals surface area contributed by atoms with Gasteiger partial charge in [0.15, 0.2) is 5.13 Å². The highest BCUT2D eigenvalue weighted by Gasteiger charge is 2.38. The van der Waals surface area contributed by atoms with Crippen LogP contribution in [0, 0.1) is 6.92 Å². The highest BCUT2D eigenvalue weighted by atomic mass is 32.1. The highest BCUT2D eigenvalue weighted by Crippen LogP contribution is 2.21. The van der Waals surface area contributed by atoms with E-state index in [-0.39, 0.29) is 13.2 Å². The molecule has 1 fully saturated rings. The second-order valence-corrected chi connectivity index (χ2v) is 4.94. The minimum absolute atomic E-state index is 0.224. The fraction of sp³-hybridized carbons (Fsp3) is 0.700. The van der Waals surface area contributed by atoms with Crippen molar-refractivity contribution in [3.05, 3.63) is 11.1 Å². The van der Waals surface area contributed by atoms with Crippen molar-refractivity contribution in [2.45, 2.75) is 31.3 Å². The fourth-order valence-corrected chi connectivity index (χ4v) is 2.50. The lowest BCUT2D eigenvalue weighted by Crippen LogP contribution is -2.56. The molecular weight excluding hydrogens is 244 g/mol. The van der Waals surface area contributed by atoms with Crippen molar-refractivity contribution in [2.75, 3.05) is 18.5 Å². The molecule has 1 aliphatic rings. The number of thiazole rings is 1. The zero-order chi connectivity index (χ0) is 12.4. The van der Waals surface area contributed by atoms with E-state index < -0.39 is 24.4 Å². The summed E-state index contributed by atoms with van der Waals surface area (Å²) in [6, 6.07) is -0.418. The lowest BCUT2D eigenvalue weighted by molar-refractivity contribution is -0.152. The summed E-state index contributed by atoms with van der Waals surface area (Å²) in [5.41, 5.74) is 0.900. The first-order chi connectivity index (χ1) is 8.11. The average Bonchev–Trinajstić information content (AvgIpc) is 2.71. The summed E-state index contributed by atoms with van der Waals surface area (Å²) < 4.78 is 5.26. The number of nitrogens with zero attached hydrogens (tertiary/aromatic N) is 1. The van der Waals surface area contributed by atoms with E-state index in [1.54, 1.807) is 0 Å². The maximum Gasteiger partial charge on any atom is 0.183 e. The third-order valence-corrected chi connectivity index (χ3v) is 3.63. The normalized spacial score (nSPS) is 33.6. The Bertz CT molecular complexity index is 373. The third kappa shape index (κ3) is 2.75. The predicted octanol–water partition coefficient (Wildman–Crippen LogP) is -0.655. The largest absolute Gasteiger partial charge is 0.394 e. The zero-order valence-electron chi connectivity index (χ0n) is 9.41. The molecule has 1 aliphatic heterocycles. The molecule has 0 aromatic carbocycles. The summed E-state index contributed by atoms with van der Waals surface area (Å²) in [6.07, 6.45) is -2.79. The first kappa shape index (κ1) is 12.7. The van der Waals surface area contributed by atoms with Gasteiger partial charge in [0, 0.05) is 5.38 Å². The number of ether oxygens (including phenoxy) is 1. The van der Waals surface area contributed by atoms with E-state index in [4.69, 9.17) is 9.84 Å². The van der Waals surface area contributed by atoms with Gasteiger partial charge in [-0.15, -0.1) is 11.3 Å². The van der Waals surface area contributed by atoms with Crippen molar-refractivity contribution in [2.24, 2.45) is 0 Å². The molecule has 4 atom stereocenters. The molecule has 2 heterocycles. The van der Waals surface area contributed by atoms with Crippen LogP contribution in [0.3, 0.4) is 0 Å². The Labute approximate surface area is 103 Å². The number of aryl methyl sites for hydroxylation is 1. The summed E-state index contributed by atoms with van der Waals surface area (Å²) in [7, 11) is 0. The van der Waals surface area contributed by atoms with Crippen LogP contribution in [0.4, 0.5) is 5.13 Å². The molecule has 0 aliphatic carbocycles. The summed E-state index contributed by atoms with van der Waals surface area (Å²) in [5, 5.41) is 34.1. The van der Waals surface area contributed by atoms with Gasteiger partial charge in [0.05, 0.1) is 24.9 Å². The topological polar surface area (TPSA) is 94.8 Å². The van der Waals surface area contributed by atoms with Crippen molar-refractivity contribution in [1.29, 1.82) is 0 Å². The molecular formula is C10H16N2O4S. The number of aliphatic hydroxyl groups is 3. The van der Waals surface area contributed by atoms with Crippen LogP contribution in [0.25, 0.3) is 0 Å². The molecule has 96 valence electrons. The molecule has 0 spiro atoms. The smallest absolute Gasteiger partial charge is 0.183 e. The first-order valence-corrected chi connectivity index (χ1v) is 6.27. The predicted molar refractivity (Wildman–Crippen MR) is 63.1 cm³/mol. The van der Waals surface area contributed by atoms with Crippen LogP contribution in [-0.4, -0.2) is 57.9 Å². The van der Waals surface area contributed by atoms with Crippen molar-refractivity contribution in [3.63, 3.8) is 0 Å².